The first-order valence-corrected chi connectivity index (χ1v) is 9.32. The Labute approximate surface area is 160 Å². The minimum absolute atomic E-state index is 0.0556. The van der Waals surface area contributed by atoms with Crippen LogP contribution >= 0.6 is 11.8 Å². The summed E-state index contributed by atoms with van der Waals surface area (Å²) in [6.45, 7) is 2.45. The maximum absolute atomic E-state index is 12.5. The second kappa shape index (κ2) is 7.24. The Hall–Kier alpha value is -3.13. The second-order valence-electron chi connectivity index (χ2n) is 6.17. The summed E-state index contributed by atoms with van der Waals surface area (Å²) in [6.07, 6.45) is 5.27. The molecule has 0 saturated carbocycles. The first kappa shape index (κ1) is 17.3. The highest BCUT2D eigenvalue weighted by Crippen LogP contribution is 2.36. The van der Waals surface area contributed by atoms with Gasteiger partial charge in [0, 0.05) is 35.1 Å². The third-order valence-corrected chi connectivity index (χ3v) is 5.33. The number of pyridine rings is 1. The molecule has 0 aliphatic carbocycles. The molecule has 2 aromatic heterocycles. The van der Waals surface area contributed by atoms with Crippen molar-refractivity contribution in [3.8, 4) is 0 Å². The number of benzene rings is 1. The van der Waals surface area contributed by atoms with Crippen LogP contribution in [-0.4, -0.2) is 31.8 Å². The third-order valence-electron chi connectivity index (χ3n) is 4.15. The Bertz CT molecular complexity index is 1000. The van der Waals surface area contributed by atoms with E-state index in [1.807, 2.05) is 25.1 Å². The molecule has 27 heavy (non-hydrogen) atoms. The molecule has 2 N–H and O–H groups in total. The van der Waals surface area contributed by atoms with Crippen molar-refractivity contribution in [3.05, 3.63) is 66.1 Å². The minimum atomic E-state index is -0.273. The van der Waals surface area contributed by atoms with E-state index in [1.165, 1.54) is 11.8 Å². The van der Waals surface area contributed by atoms with E-state index in [9.17, 15) is 9.59 Å². The molecule has 1 atom stereocenters. The molecule has 1 aliphatic rings. The van der Waals surface area contributed by atoms with Crippen LogP contribution in [0.15, 0.2) is 59.9 Å². The first-order chi connectivity index (χ1) is 13.1. The number of hydrogen-bond donors (Lipinski definition) is 2. The number of anilines is 2. The van der Waals surface area contributed by atoms with E-state index >= 15 is 0 Å². The number of hydrogen-bond acceptors (Lipinski definition) is 5. The fourth-order valence-electron chi connectivity index (χ4n) is 2.73. The van der Waals surface area contributed by atoms with Crippen LogP contribution in [0.3, 0.4) is 0 Å². The molecule has 1 aromatic carbocycles. The highest BCUT2D eigenvalue weighted by atomic mass is 32.2. The fraction of sp³-hybridized carbons (Fsp3) is 0.158. The first-order valence-electron chi connectivity index (χ1n) is 8.44. The lowest BCUT2D eigenvalue weighted by Crippen LogP contribution is -2.26. The number of fused-ring (bicyclic) bond motifs is 1. The summed E-state index contributed by atoms with van der Waals surface area (Å²) in [5.41, 5.74) is 2.20. The molecule has 4 rings (SSSR count). The van der Waals surface area contributed by atoms with Crippen molar-refractivity contribution < 1.29 is 9.59 Å². The number of carbonyl (C=O) groups excluding carboxylic acids is 2. The summed E-state index contributed by atoms with van der Waals surface area (Å²) in [6, 6.07) is 10.9. The number of nitrogens with zero attached hydrogens (tertiary/aromatic N) is 3. The van der Waals surface area contributed by atoms with Gasteiger partial charge in [-0.3, -0.25) is 19.3 Å². The van der Waals surface area contributed by atoms with Crippen LogP contribution in [0.2, 0.25) is 0 Å². The Kier molecular flexibility index (Phi) is 4.64. The van der Waals surface area contributed by atoms with Gasteiger partial charge in [0.15, 0.2) is 5.82 Å². The Morgan fingerprint density at radius 2 is 2.07 bits per heavy atom. The molecule has 2 amide bonds. The smallest absolute Gasteiger partial charge is 0.256 e. The molecule has 136 valence electrons. The van der Waals surface area contributed by atoms with Gasteiger partial charge in [-0.2, -0.15) is 5.10 Å². The van der Waals surface area contributed by atoms with Crippen LogP contribution in [0, 0.1) is 0 Å². The molecule has 0 saturated heterocycles. The lowest BCUT2D eigenvalue weighted by atomic mass is 10.1. The van der Waals surface area contributed by atoms with Crippen LogP contribution in [-0.2, 0) is 11.3 Å². The summed E-state index contributed by atoms with van der Waals surface area (Å²) >= 11 is 1.48. The van der Waals surface area contributed by atoms with Crippen LogP contribution < -0.4 is 10.6 Å². The van der Waals surface area contributed by atoms with Crippen LogP contribution in [0.25, 0.3) is 0 Å². The van der Waals surface area contributed by atoms with E-state index in [-0.39, 0.29) is 17.1 Å². The van der Waals surface area contributed by atoms with Crippen molar-refractivity contribution in [2.45, 2.75) is 23.6 Å². The van der Waals surface area contributed by atoms with Gasteiger partial charge < -0.3 is 10.6 Å². The van der Waals surface area contributed by atoms with Gasteiger partial charge in [-0.25, -0.2) is 0 Å². The number of rotatable bonds is 4. The van der Waals surface area contributed by atoms with Gasteiger partial charge in [-0.05, 0) is 42.8 Å². The number of nitrogens with one attached hydrogen (secondary N) is 2. The van der Waals surface area contributed by atoms with E-state index in [2.05, 4.69) is 20.7 Å². The largest absolute Gasteiger partial charge is 0.324 e. The molecular formula is C19H17N5O2S. The predicted octanol–water partition coefficient (Wildman–Crippen LogP) is 3.01. The lowest BCUT2D eigenvalue weighted by molar-refractivity contribution is -0.115. The van der Waals surface area contributed by atoms with Gasteiger partial charge in [0.2, 0.25) is 5.91 Å². The van der Waals surface area contributed by atoms with Crippen LogP contribution in [0.5, 0.6) is 0 Å². The molecule has 1 aliphatic heterocycles. The summed E-state index contributed by atoms with van der Waals surface area (Å²) in [5, 5.41) is 9.86. The Balaban J connectivity index is 1.45. The van der Waals surface area contributed by atoms with Gasteiger partial charge in [-0.15, -0.1) is 11.8 Å². The standard InChI is InChI=1S/C19H17N5O2S/c1-12-18(25)21-15-10-14(2-3-16(15)27-12)19(26)22-17-6-9-24(23-17)11-13-4-7-20-8-5-13/h2-10,12H,11H2,1H3,(H,21,25)(H,22,23,26). The number of carbonyl (C=O) groups is 2. The van der Waals surface area contributed by atoms with Gasteiger partial charge in [0.1, 0.15) is 0 Å². The van der Waals surface area contributed by atoms with Crippen molar-refractivity contribution in [2.75, 3.05) is 10.6 Å². The monoisotopic (exact) mass is 379 g/mol. The van der Waals surface area contributed by atoms with E-state index in [1.54, 1.807) is 41.5 Å². The van der Waals surface area contributed by atoms with Crippen molar-refractivity contribution in [3.63, 3.8) is 0 Å². The average molecular weight is 379 g/mol. The maximum atomic E-state index is 12.5. The number of aromatic nitrogens is 3. The molecule has 0 bridgehead atoms. The van der Waals surface area contributed by atoms with Gasteiger partial charge >= 0.3 is 0 Å². The Morgan fingerprint density at radius 1 is 1.26 bits per heavy atom. The van der Waals surface area contributed by atoms with Crippen LogP contribution in [0.4, 0.5) is 11.5 Å². The fourth-order valence-corrected chi connectivity index (χ4v) is 3.66. The predicted molar refractivity (Wildman–Crippen MR) is 104 cm³/mol. The van der Waals surface area contributed by atoms with Gasteiger partial charge in [-0.1, -0.05) is 0 Å². The van der Waals surface area contributed by atoms with Crippen molar-refractivity contribution >= 4 is 35.1 Å². The summed E-state index contributed by atoms with van der Waals surface area (Å²) in [4.78, 5) is 29.3. The molecule has 3 aromatic rings. The SMILES string of the molecule is CC1Sc2ccc(C(=O)Nc3ccn(Cc4ccncc4)n3)cc2NC1=O. The summed E-state index contributed by atoms with van der Waals surface area (Å²) in [5.74, 6) is 0.142. The van der Waals surface area contributed by atoms with Crippen molar-refractivity contribution in [2.24, 2.45) is 0 Å². The molecule has 7 nitrogen and oxygen atoms in total. The molecule has 0 spiro atoms. The Morgan fingerprint density at radius 3 is 2.89 bits per heavy atom. The summed E-state index contributed by atoms with van der Waals surface area (Å²) in [7, 11) is 0. The zero-order valence-electron chi connectivity index (χ0n) is 14.5. The molecule has 1 unspecified atom stereocenters. The molecule has 3 heterocycles. The van der Waals surface area contributed by atoms with E-state index in [0.29, 0.717) is 23.6 Å². The lowest BCUT2D eigenvalue weighted by Gasteiger charge is -2.21. The topological polar surface area (TPSA) is 88.9 Å². The molecule has 8 heteroatoms. The zero-order valence-corrected chi connectivity index (χ0v) is 15.4. The number of amides is 2. The molecule has 0 radical (unpaired) electrons. The van der Waals surface area contributed by atoms with Crippen molar-refractivity contribution in [1.29, 1.82) is 0 Å². The molecule has 0 fully saturated rings. The minimum Gasteiger partial charge on any atom is -0.324 e. The quantitative estimate of drug-likeness (QED) is 0.727. The number of thioether (sulfide) groups is 1. The highest BCUT2D eigenvalue weighted by Gasteiger charge is 2.23. The average Bonchev–Trinajstić information content (AvgIpc) is 3.10. The normalized spacial score (nSPS) is 15.7. The van der Waals surface area contributed by atoms with E-state index < -0.39 is 0 Å². The van der Waals surface area contributed by atoms with E-state index in [4.69, 9.17) is 0 Å². The summed E-state index contributed by atoms with van der Waals surface area (Å²) < 4.78 is 1.75. The second-order valence-corrected chi connectivity index (χ2v) is 7.55. The maximum Gasteiger partial charge on any atom is 0.256 e. The molecular weight excluding hydrogens is 362 g/mol. The van der Waals surface area contributed by atoms with Crippen molar-refractivity contribution in [1.82, 2.24) is 14.8 Å². The van der Waals surface area contributed by atoms with E-state index in [0.717, 1.165) is 10.5 Å². The highest BCUT2D eigenvalue weighted by molar-refractivity contribution is 8.00. The third kappa shape index (κ3) is 3.85. The zero-order chi connectivity index (χ0) is 18.8. The van der Waals surface area contributed by atoms with Gasteiger partial charge in [0.05, 0.1) is 17.5 Å². The van der Waals surface area contributed by atoms with Gasteiger partial charge in [0.25, 0.3) is 5.91 Å². The van der Waals surface area contributed by atoms with Crippen LogP contribution in [0.1, 0.15) is 22.8 Å².